The van der Waals surface area contributed by atoms with Crippen LogP contribution in [-0.4, -0.2) is 23.3 Å². The van der Waals surface area contributed by atoms with Gasteiger partial charge in [0.1, 0.15) is 0 Å². The molecule has 2 aliphatic rings. The number of benzene rings is 4. The molecule has 38 heavy (non-hydrogen) atoms. The molecule has 0 aromatic heterocycles. The number of fused-ring (bicyclic) bond motifs is 2. The van der Waals surface area contributed by atoms with E-state index in [9.17, 15) is 9.59 Å². The fourth-order valence-electron chi connectivity index (χ4n) is 5.10. The SMILES string of the molecule is Cc1ccccc1CN1C(=O)/C(=C\c2ccc(C(=O)N3CCc4ccccc4C3)cc2)Sc2ccccc21. The van der Waals surface area contributed by atoms with Crippen LogP contribution in [0.25, 0.3) is 6.08 Å². The quantitative estimate of drug-likeness (QED) is 0.278. The molecule has 2 aliphatic heterocycles. The van der Waals surface area contributed by atoms with Gasteiger partial charge in [-0.2, -0.15) is 0 Å². The lowest BCUT2D eigenvalue weighted by molar-refractivity contribution is -0.114. The molecular weight excluding hydrogens is 488 g/mol. The minimum Gasteiger partial charge on any atom is -0.334 e. The van der Waals surface area contributed by atoms with Crippen LogP contribution in [0.4, 0.5) is 5.69 Å². The van der Waals surface area contributed by atoms with E-state index in [0.717, 1.165) is 34.7 Å². The number of para-hydroxylation sites is 1. The first-order valence-electron chi connectivity index (χ1n) is 12.9. The van der Waals surface area contributed by atoms with E-state index in [0.29, 0.717) is 23.6 Å². The average Bonchev–Trinajstić information content (AvgIpc) is 2.96. The van der Waals surface area contributed by atoms with Crippen molar-refractivity contribution in [3.63, 3.8) is 0 Å². The molecule has 6 rings (SSSR count). The van der Waals surface area contributed by atoms with Crippen molar-refractivity contribution in [2.75, 3.05) is 11.4 Å². The molecule has 188 valence electrons. The third kappa shape index (κ3) is 4.77. The molecule has 0 atom stereocenters. The summed E-state index contributed by atoms with van der Waals surface area (Å²) in [6.45, 7) is 3.96. The molecule has 0 saturated carbocycles. The van der Waals surface area contributed by atoms with Crippen molar-refractivity contribution >= 4 is 35.3 Å². The molecule has 4 aromatic carbocycles. The van der Waals surface area contributed by atoms with Gasteiger partial charge in [-0.1, -0.05) is 84.6 Å². The number of carbonyl (C=O) groups is 2. The summed E-state index contributed by atoms with van der Waals surface area (Å²) in [7, 11) is 0. The lowest BCUT2D eigenvalue weighted by atomic mass is 9.99. The molecule has 2 heterocycles. The predicted molar refractivity (Wildman–Crippen MR) is 154 cm³/mol. The Morgan fingerprint density at radius 3 is 2.39 bits per heavy atom. The van der Waals surface area contributed by atoms with Crippen LogP contribution in [0, 0.1) is 6.92 Å². The minimum atomic E-state index is -0.0101. The lowest BCUT2D eigenvalue weighted by Crippen LogP contribution is -2.35. The number of anilines is 1. The highest BCUT2D eigenvalue weighted by molar-refractivity contribution is 8.04. The second-order valence-electron chi connectivity index (χ2n) is 9.76. The van der Waals surface area contributed by atoms with Gasteiger partial charge in [0, 0.05) is 23.5 Å². The summed E-state index contributed by atoms with van der Waals surface area (Å²) in [5.41, 5.74) is 7.34. The van der Waals surface area contributed by atoms with Gasteiger partial charge in [-0.05, 0) is 71.5 Å². The number of hydrogen-bond acceptors (Lipinski definition) is 3. The standard InChI is InChI=1S/C33H28N2O2S/c1-23-8-2-3-10-27(23)22-35-29-12-6-7-13-30(29)38-31(33(35)37)20-24-14-16-26(17-15-24)32(36)34-19-18-25-9-4-5-11-28(25)21-34/h2-17,20H,18-19,21-22H2,1H3/b31-20+. The van der Waals surface area contributed by atoms with Crippen LogP contribution < -0.4 is 4.90 Å². The van der Waals surface area contributed by atoms with Crippen molar-refractivity contribution < 1.29 is 9.59 Å². The summed E-state index contributed by atoms with van der Waals surface area (Å²) >= 11 is 1.50. The Kier molecular flexibility index (Phi) is 6.61. The molecule has 0 fully saturated rings. The number of carbonyl (C=O) groups excluding carboxylic acids is 2. The first kappa shape index (κ1) is 24.3. The highest BCUT2D eigenvalue weighted by Gasteiger charge is 2.29. The highest BCUT2D eigenvalue weighted by Crippen LogP contribution is 2.42. The van der Waals surface area contributed by atoms with Gasteiger partial charge in [-0.25, -0.2) is 0 Å². The van der Waals surface area contributed by atoms with Crippen molar-refractivity contribution in [3.8, 4) is 0 Å². The van der Waals surface area contributed by atoms with Gasteiger partial charge in [0.2, 0.25) is 0 Å². The molecule has 4 aromatic rings. The maximum Gasteiger partial charge on any atom is 0.265 e. The molecule has 0 bridgehead atoms. The fourth-order valence-corrected chi connectivity index (χ4v) is 6.16. The minimum absolute atomic E-state index is 0.0101. The first-order chi connectivity index (χ1) is 18.6. The van der Waals surface area contributed by atoms with Crippen molar-refractivity contribution in [3.05, 3.63) is 135 Å². The van der Waals surface area contributed by atoms with Gasteiger partial charge >= 0.3 is 0 Å². The number of hydrogen-bond donors (Lipinski definition) is 0. The zero-order chi connectivity index (χ0) is 26.1. The van der Waals surface area contributed by atoms with E-state index in [2.05, 4.69) is 43.3 Å². The van der Waals surface area contributed by atoms with Gasteiger partial charge in [0.05, 0.1) is 17.1 Å². The molecule has 5 heteroatoms. The molecule has 2 amide bonds. The van der Waals surface area contributed by atoms with Crippen LogP contribution in [0.15, 0.2) is 107 Å². The summed E-state index contributed by atoms with van der Waals surface area (Å²) in [5, 5.41) is 0. The van der Waals surface area contributed by atoms with Crippen LogP contribution >= 0.6 is 11.8 Å². The lowest BCUT2D eigenvalue weighted by Gasteiger charge is -2.31. The number of aryl methyl sites for hydroxylation is 1. The average molecular weight is 517 g/mol. The summed E-state index contributed by atoms with van der Waals surface area (Å²) in [6, 6.07) is 32.2. The maximum atomic E-state index is 13.7. The van der Waals surface area contributed by atoms with E-state index < -0.39 is 0 Å². The van der Waals surface area contributed by atoms with E-state index >= 15 is 0 Å². The Bertz CT molecular complexity index is 1560. The summed E-state index contributed by atoms with van der Waals surface area (Å²) in [5.74, 6) is 0.0317. The molecule has 0 radical (unpaired) electrons. The largest absolute Gasteiger partial charge is 0.334 e. The molecule has 0 N–H and O–H groups in total. The number of amides is 2. The Morgan fingerprint density at radius 1 is 0.868 bits per heavy atom. The Hall–Kier alpha value is -4.09. The van der Waals surface area contributed by atoms with Gasteiger partial charge in [0.15, 0.2) is 0 Å². The first-order valence-corrected chi connectivity index (χ1v) is 13.7. The third-order valence-electron chi connectivity index (χ3n) is 7.29. The van der Waals surface area contributed by atoms with E-state index in [-0.39, 0.29) is 11.8 Å². The maximum absolute atomic E-state index is 13.7. The second kappa shape index (κ2) is 10.3. The second-order valence-corrected chi connectivity index (χ2v) is 10.8. The molecule has 0 unspecified atom stereocenters. The Morgan fingerprint density at radius 2 is 1.58 bits per heavy atom. The fraction of sp³-hybridized carbons (Fsp3) is 0.152. The van der Waals surface area contributed by atoms with E-state index in [4.69, 9.17) is 0 Å². The zero-order valence-corrected chi connectivity index (χ0v) is 22.1. The zero-order valence-electron chi connectivity index (χ0n) is 21.3. The molecule has 4 nitrogen and oxygen atoms in total. The Labute approximate surface area is 227 Å². The smallest absolute Gasteiger partial charge is 0.265 e. The van der Waals surface area contributed by atoms with Crippen molar-refractivity contribution in [1.82, 2.24) is 4.90 Å². The van der Waals surface area contributed by atoms with Crippen molar-refractivity contribution in [2.45, 2.75) is 31.3 Å². The highest BCUT2D eigenvalue weighted by atomic mass is 32.2. The normalized spacial score (nSPS) is 15.8. The van der Waals surface area contributed by atoms with Crippen LogP contribution in [0.5, 0.6) is 0 Å². The van der Waals surface area contributed by atoms with Crippen molar-refractivity contribution in [2.24, 2.45) is 0 Å². The van der Waals surface area contributed by atoms with Crippen molar-refractivity contribution in [1.29, 1.82) is 0 Å². The van der Waals surface area contributed by atoms with Gasteiger partial charge in [-0.15, -0.1) is 0 Å². The van der Waals surface area contributed by atoms with E-state index in [1.54, 1.807) is 0 Å². The van der Waals surface area contributed by atoms with Gasteiger partial charge in [-0.3, -0.25) is 9.59 Å². The molecular formula is C33H28N2O2S. The van der Waals surface area contributed by atoms with Crippen LogP contribution in [0.3, 0.4) is 0 Å². The molecule has 0 aliphatic carbocycles. The van der Waals surface area contributed by atoms with Crippen LogP contribution in [-0.2, 0) is 24.3 Å². The third-order valence-corrected chi connectivity index (χ3v) is 8.37. The Balaban J connectivity index is 1.23. The number of thioether (sulfide) groups is 1. The van der Waals surface area contributed by atoms with E-state index in [1.165, 1.54) is 28.5 Å². The van der Waals surface area contributed by atoms with Gasteiger partial charge < -0.3 is 9.80 Å². The predicted octanol–water partition coefficient (Wildman–Crippen LogP) is 6.87. The number of rotatable bonds is 4. The molecule has 0 saturated heterocycles. The summed E-state index contributed by atoms with van der Waals surface area (Å²) in [4.78, 5) is 32.4. The molecule has 0 spiro atoms. The van der Waals surface area contributed by atoms with Crippen LogP contribution in [0.2, 0.25) is 0 Å². The monoisotopic (exact) mass is 516 g/mol. The number of nitrogens with zero attached hydrogens (tertiary/aromatic N) is 2. The topological polar surface area (TPSA) is 40.6 Å². The van der Waals surface area contributed by atoms with Crippen LogP contribution in [0.1, 0.15) is 38.2 Å². The summed E-state index contributed by atoms with van der Waals surface area (Å²) < 4.78 is 0. The van der Waals surface area contributed by atoms with Gasteiger partial charge in [0.25, 0.3) is 11.8 Å². The van der Waals surface area contributed by atoms with E-state index in [1.807, 2.05) is 76.5 Å². The summed E-state index contributed by atoms with van der Waals surface area (Å²) in [6.07, 6.45) is 2.81.